The molecule has 0 aliphatic carbocycles. The van der Waals surface area contributed by atoms with Crippen LogP contribution >= 0.6 is 0 Å². The largest absolute Gasteiger partial charge is 0.467 e. The second-order valence-electron chi connectivity index (χ2n) is 7.50. The van der Waals surface area contributed by atoms with Crippen LogP contribution in [0.15, 0.2) is 48.5 Å². The van der Waals surface area contributed by atoms with Gasteiger partial charge in [0.15, 0.2) is 0 Å². The highest BCUT2D eigenvalue weighted by Crippen LogP contribution is 2.22. The van der Waals surface area contributed by atoms with Crippen LogP contribution in [0, 0.1) is 10.1 Å². The Labute approximate surface area is 163 Å². The van der Waals surface area contributed by atoms with Gasteiger partial charge in [0, 0.05) is 24.1 Å². The number of hydrogen-bond acceptors (Lipinski definition) is 5. The second-order valence-corrected chi connectivity index (χ2v) is 7.50. The van der Waals surface area contributed by atoms with E-state index < -0.39 is 22.8 Å². The first-order valence-electron chi connectivity index (χ1n) is 8.84. The molecule has 28 heavy (non-hydrogen) atoms. The quantitative estimate of drug-likeness (QED) is 0.467. The number of benzene rings is 2. The molecular weight excluding hydrogens is 360 g/mol. The summed E-state index contributed by atoms with van der Waals surface area (Å²) >= 11 is 0. The number of hydrogen-bond donors (Lipinski definition) is 1. The average molecular weight is 384 g/mol. The average Bonchev–Trinajstić information content (AvgIpc) is 2.66. The van der Waals surface area contributed by atoms with Crippen LogP contribution in [0.2, 0.25) is 0 Å². The molecule has 0 heterocycles. The fourth-order valence-electron chi connectivity index (χ4n) is 2.69. The number of nitrogens with one attached hydrogen (secondary N) is 1. The Morgan fingerprint density at radius 1 is 1.07 bits per heavy atom. The van der Waals surface area contributed by atoms with Crippen molar-refractivity contribution < 1.29 is 19.2 Å². The summed E-state index contributed by atoms with van der Waals surface area (Å²) in [5.74, 6) is -0.976. The van der Waals surface area contributed by atoms with E-state index in [2.05, 4.69) is 26.1 Å². The molecule has 2 aromatic rings. The van der Waals surface area contributed by atoms with Crippen LogP contribution in [0.4, 0.5) is 5.69 Å². The molecule has 0 unspecified atom stereocenters. The zero-order valence-corrected chi connectivity index (χ0v) is 16.4. The number of carbonyl (C=O) groups is 2. The lowest BCUT2D eigenvalue weighted by molar-refractivity contribution is -0.384. The Morgan fingerprint density at radius 2 is 1.64 bits per heavy atom. The van der Waals surface area contributed by atoms with Gasteiger partial charge in [0.2, 0.25) is 0 Å². The third kappa shape index (κ3) is 5.39. The van der Waals surface area contributed by atoms with Gasteiger partial charge >= 0.3 is 5.97 Å². The van der Waals surface area contributed by atoms with E-state index in [1.807, 2.05) is 12.1 Å². The molecule has 1 N–H and O–H groups in total. The van der Waals surface area contributed by atoms with Gasteiger partial charge in [-0.05, 0) is 28.7 Å². The molecule has 0 aliphatic rings. The van der Waals surface area contributed by atoms with Crippen molar-refractivity contribution in [3.05, 3.63) is 75.3 Å². The number of esters is 1. The smallest absolute Gasteiger partial charge is 0.328 e. The van der Waals surface area contributed by atoms with Gasteiger partial charge < -0.3 is 10.1 Å². The molecular formula is C21H24N2O5. The van der Waals surface area contributed by atoms with Crippen molar-refractivity contribution in [1.29, 1.82) is 0 Å². The zero-order chi connectivity index (χ0) is 20.9. The number of methoxy groups -OCH3 is 1. The van der Waals surface area contributed by atoms with E-state index in [0.717, 1.165) is 5.56 Å². The minimum atomic E-state index is -0.902. The molecule has 0 spiro atoms. The molecule has 0 saturated heterocycles. The number of ether oxygens (including phenoxy) is 1. The van der Waals surface area contributed by atoms with Crippen molar-refractivity contribution >= 4 is 17.6 Å². The Balaban J connectivity index is 2.14. The van der Waals surface area contributed by atoms with E-state index in [-0.39, 0.29) is 17.5 Å². The lowest BCUT2D eigenvalue weighted by Crippen LogP contribution is -2.43. The summed E-state index contributed by atoms with van der Waals surface area (Å²) in [6.45, 7) is 6.25. The Kier molecular flexibility index (Phi) is 6.51. The highest BCUT2D eigenvalue weighted by Gasteiger charge is 2.23. The summed E-state index contributed by atoms with van der Waals surface area (Å²) < 4.78 is 4.79. The van der Waals surface area contributed by atoms with E-state index in [1.54, 1.807) is 24.3 Å². The van der Waals surface area contributed by atoms with Gasteiger partial charge in [-0.1, -0.05) is 45.0 Å². The van der Waals surface area contributed by atoms with Crippen molar-refractivity contribution in [1.82, 2.24) is 5.32 Å². The molecule has 2 aromatic carbocycles. The van der Waals surface area contributed by atoms with Crippen molar-refractivity contribution in [3.63, 3.8) is 0 Å². The Morgan fingerprint density at radius 3 is 2.11 bits per heavy atom. The van der Waals surface area contributed by atoms with E-state index in [0.29, 0.717) is 11.1 Å². The second kappa shape index (κ2) is 8.65. The summed E-state index contributed by atoms with van der Waals surface area (Å²) in [5, 5.41) is 13.4. The molecule has 0 saturated carbocycles. The fourth-order valence-corrected chi connectivity index (χ4v) is 2.69. The maximum Gasteiger partial charge on any atom is 0.328 e. The molecule has 0 radical (unpaired) electrons. The number of non-ortho nitro benzene ring substituents is 1. The van der Waals surface area contributed by atoms with Crippen molar-refractivity contribution in [2.24, 2.45) is 0 Å². The van der Waals surface area contributed by atoms with Gasteiger partial charge in [-0.2, -0.15) is 0 Å². The van der Waals surface area contributed by atoms with E-state index in [4.69, 9.17) is 4.74 Å². The van der Waals surface area contributed by atoms with Crippen LogP contribution in [0.5, 0.6) is 0 Å². The van der Waals surface area contributed by atoms with Gasteiger partial charge in [-0.3, -0.25) is 14.9 Å². The molecule has 0 bridgehead atoms. The summed E-state index contributed by atoms with van der Waals surface area (Å²) in [4.78, 5) is 34.9. The standard InChI is InChI=1S/C21H24N2O5/c1-21(2,3)16-9-7-15(8-10-16)19(24)22-18(20(25)28-4)13-14-5-11-17(12-6-14)23(26)27/h5-12,18H,13H2,1-4H3,(H,22,24)/t18-/m1/s1. The highest BCUT2D eigenvalue weighted by atomic mass is 16.6. The first-order valence-corrected chi connectivity index (χ1v) is 8.84. The number of nitro benzene ring substituents is 1. The molecule has 148 valence electrons. The zero-order valence-electron chi connectivity index (χ0n) is 16.4. The van der Waals surface area contributed by atoms with Crippen LogP contribution in [0.1, 0.15) is 42.3 Å². The molecule has 0 fully saturated rings. The first-order chi connectivity index (χ1) is 13.1. The number of nitro groups is 1. The summed E-state index contributed by atoms with van der Waals surface area (Å²) in [6.07, 6.45) is 0.163. The monoisotopic (exact) mass is 384 g/mol. The molecule has 7 heteroatoms. The minimum absolute atomic E-state index is 0.0283. The SMILES string of the molecule is COC(=O)[C@@H](Cc1ccc([N+](=O)[O-])cc1)NC(=O)c1ccc(C(C)(C)C)cc1. The van der Waals surface area contributed by atoms with Gasteiger partial charge in [0.25, 0.3) is 11.6 Å². The van der Waals surface area contributed by atoms with Crippen LogP contribution in [0.3, 0.4) is 0 Å². The number of nitrogens with zero attached hydrogens (tertiary/aromatic N) is 1. The lowest BCUT2D eigenvalue weighted by Gasteiger charge is -2.20. The van der Waals surface area contributed by atoms with Crippen LogP contribution in [0.25, 0.3) is 0 Å². The molecule has 0 aromatic heterocycles. The lowest BCUT2D eigenvalue weighted by atomic mass is 9.86. The summed E-state index contributed by atoms with van der Waals surface area (Å²) in [7, 11) is 1.25. The number of rotatable bonds is 6. The van der Waals surface area contributed by atoms with Gasteiger partial charge in [-0.25, -0.2) is 4.79 Å². The molecule has 7 nitrogen and oxygen atoms in total. The third-order valence-electron chi connectivity index (χ3n) is 4.39. The van der Waals surface area contributed by atoms with Crippen LogP contribution in [-0.2, 0) is 21.4 Å². The maximum absolute atomic E-state index is 12.6. The molecule has 2 rings (SSSR count). The first kappa shape index (κ1) is 21.1. The summed E-state index contributed by atoms with van der Waals surface area (Å²) in [6, 6.07) is 12.1. The molecule has 1 atom stereocenters. The topological polar surface area (TPSA) is 98.5 Å². The highest BCUT2D eigenvalue weighted by molar-refractivity contribution is 5.96. The van der Waals surface area contributed by atoms with Gasteiger partial charge in [-0.15, -0.1) is 0 Å². The number of carbonyl (C=O) groups excluding carboxylic acids is 2. The Hall–Kier alpha value is -3.22. The number of amides is 1. The molecule has 1 amide bonds. The van der Waals surface area contributed by atoms with E-state index >= 15 is 0 Å². The third-order valence-corrected chi connectivity index (χ3v) is 4.39. The van der Waals surface area contributed by atoms with E-state index in [9.17, 15) is 19.7 Å². The van der Waals surface area contributed by atoms with Crippen LogP contribution in [-0.4, -0.2) is 30.0 Å². The van der Waals surface area contributed by atoms with Crippen molar-refractivity contribution in [2.45, 2.75) is 38.6 Å². The summed E-state index contributed by atoms with van der Waals surface area (Å²) in [5.41, 5.74) is 2.13. The predicted molar refractivity (Wildman–Crippen MR) is 105 cm³/mol. The minimum Gasteiger partial charge on any atom is -0.467 e. The Bertz CT molecular complexity index is 852. The normalized spacial score (nSPS) is 12.1. The van der Waals surface area contributed by atoms with Crippen molar-refractivity contribution in [3.8, 4) is 0 Å². The van der Waals surface area contributed by atoms with Gasteiger partial charge in [0.1, 0.15) is 6.04 Å². The molecule has 0 aliphatic heterocycles. The van der Waals surface area contributed by atoms with Crippen LogP contribution < -0.4 is 5.32 Å². The predicted octanol–water partition coefficient (Wildman–Crippen LogP) is 3.41. The van der Waals surface area contributed by atoms with Crippen molar-refractivity contribution in [2.75, 3.05) is 7.11 Å². The fraction of sp³-hybridized carbons (Fsp3) is 0.333. The van der Waals surface area contributed by atoms with E-state index in [1.165, 1.54) is 19.2 Å². The van der Waals surface area contributed by atoms with Gasteiger partial charge in [0.05, 0.1) is 12.0 Å². The maximum atomic E-state index is 12.6.